The second kappa shape index (κ2) is 4.78. The van der Waals surface area contributed by atoms with Crippen LogP contribution >= 0.6 is 0 Å². The molecule has 0 spiro atoms. The van der Waals surface area contributed by atoms with Crippen molar-refractivity contribution >= 4 is 17.8 Å². The molecule has 2 aliphatic heterocycles. The molecule has 1 N–H and O–H groups in total. The molecule has 4 nitrogen and oxygen atoms in total. The van der Waals surface area contributed by atoms with Gasteiger partial charge in [0.25, 0.3) is 5.91 Å². The molecule has 0 saturated carbocycles. The Bertz CT molecular complexity index is 783. The maximum absolute atomic E-state index is 13.1. The van der Waals surface area contributed by atoms with Gasteiger partial charge < -0.3 is 4.90 Å². The highest BCUT2D eigenvalue weighted by atomic mass is 16.2. The van der Waals surface area contributed by atoms with Crippen LogP contribution in [0.2, 0.25) is 0 Å². The van der Waals surface area contributed by atoms with Crippen molar-refractivity contribution < 1.29 is 4.79 Å². The standard InChI is InChI=1S/C18H17N3O/c1-19-18-10-13-6-2-3-7-14(13)11-21(18)17(22)15-8-4-5-9-16(15)20-12-18/h2-9,12,19H,10-11H2,1H3/t18-/m0/s1. The second-order valence-electron chi connectivity index (χ2n) is 5.79. The molecular weight excluding hydrogens is 274 g/mol. The minimum Gasteiger partial charge on any atom is -0.311 e. The van der Waals surface area contributed by atoms with E-state index in [2.05, 4.69) is 22.4 Å². The van der Waals surface area contributed by atoms with Gasteiger partial charge in [0, 0.05) is 19.2 Å². The summed E-state index contributed by atoms with van der Waals surface area (Å²) in [6.45, 7) is 0.593. The molecule has 2 aromatic rings. The average molecular weight is 291 g/mol. The molecule has 0 fully saturated rings. The van der Waals surface area contributed by atoms with Crippen molar-refractivity contribution in [2.75, 3.05) is 7.05 Å². The summed E-state index contributed by atoms with van der Waals surface area (Å²) in [6, 6.07) is 15.8. The fourth-order valence-electron chi connectivity index (χ4n) is 3.33. The summed E-state index contributed by atoms with van der Waals surface area (Å²) in [6.07, 6.45) is 2.61. The highest BCUT2D eigenvalue weighted by Crippen LogP contribution is 2.34. The monoisotopic (exact) mass is 291 g/mol. The fraction of sp³-hybridized carbons (Fsp3) is 0.222. The van der Waals surface area contributed by atoms with Gasteiger partial charge in [0.2, 0.25) is 0 Å². The summed E-state index contributed by atoms with van der Waals surface area (Å²) in [5.41, 5.74) is 3.30. The lowest BCUT2D eigenvalue weighted by Gasteiger charge is -2.44. The number of fused-ring (bicyclic) bond motifs is 3. The molecule has 22 heavy (non-hydrogen) atoms. The van der Waals surface area contributed by atoms with Gasteiger partial charge in [-0.3, -0.25) is 15.1 Å². The average Bonchev–Trinajstić information content (AvgIpc) is 2.69. The summed E-state index contributed by atoms with van der Waals surface area (Å²) in [4.78, 5) is 19.5. The van der Waals surface area contributed by atoms with Gasteiger partial charge in [0.05, 0.1) is 11.3 Å². The molecule has 2 aromatic carbocycles. The lowest BCUT2D eigenvalue weighted by molar-refractivity contribution is 0.0514. The van der Waals surface area contributed by atoms with Crippen molar-refractivity contribution in [1.82, 2.24) is 10.2 Å². The minimum absolute atomic E-state index is 0.0250. The van der Waals surface area contributed by atoms with Crippen LogP contribution in [0.25, 0.3) is 0 Å². The number of aliphatic imine (C=N–C) groups is 1. The van der Waals surface area contributed by atoms with Crippen molar-refractivity contribution in [3.05, 3.63) is 65.2 Å². The van der Waals surface area contributed by atoms with Crippen LogP contribution in [0.4, 0.5) is 5.69 Å². The normalized spacial score (nSPS) is 22.6. The number of carbonyl (C=O) groups excluding carboxylic acids is 1. The molecule has 2 heterocycles. The molecule has 0 unspecified atom stereocenters. The fourth-order valence-corrected chi connectivity index (χ4v) is 3.33. The van der Waals surface area contributed by atoms with Gasteiger partial charge >= 0.3 is 0 Å². The number of benzene rings is 2. The Balaban J connectivity index is 1.89. The van der Waals surface area contributed by atoms with Crippen LogP contribution in [0.15, 0.2) is 53.5 Å². The zero-order valence-electron chi connectivity index (χ0n) is 12.4. The van der Waals surface area contributed by atoms with Crippen molar-refractivity contribution in [1.29, 1.82) is 0 Å². The quantitative estimate of drug-likeness (QED) is 0.877. The summed E-state index contributed by atoms with van der Waals surface area (Å²) in [5.74, 6) is 0.0250. The maximum Gasteiger partial charge on any atom is 0.258 e. The van der Waals surface area contributed by atoms with Gasteiger partial charge in [-0.15, -0.1) is 0 Å². The van der Waals surface area contributed by atoms with Gasteiger partial charge in [-0.25, -0.2) is 0 Å². The number of amides is 1. The van der Waals surface area contributed by atoms with E-state index in [9.17, 15) is 4.79 Å². The molecule has 2 aliphatic rings. The summed E-state index contributed by atoms with van der Waals surface area (Å²) in [7, 11) is 1.89. The maximum atomic E-state index is 13.1. The van der Waals surface area contributed by atoms with E-state index < -0.39 is 5.66 Å². The van der Waals surface area contributed by atoms with E-state index in [-0.39, 0.29) is 5.91 Å². The van der Waals surface area contributed by atoms with Crippen LogP contribution < -0.4 is 5.32 Å². The van der Waals surface area contributed by atoms with Crippen molar-refractivity contribution in [3.63, 3.8) is 0 Å². The predicted molar refractivity (Wildman–Crippen MR) is 86.4 cm³/mol. The third kappa shape index (κ3) is 1.81. The van der Waals surface area contributed by atoms with E-state index in [1.165, 1.54) is 11.1 Å². The number of hydrogen-bond donors (Lipinski definition) is 1. The van der Waals surface area contributed by atoms with Gasteiger partial charge in [-0.05, 0) is 30.3 Å². The third-order valence-corrected chi connectivity index (χ3v) is 4.62. The molecule has 4 rings (SSSR count). The molecule has 1 atom stereocenters. The Kier molecular flexibility index (Phi) is 2.87. The zero-order chi connectivity index (χ0) is 15.2. The van der Waals surface area contributed by atoms with Crippen molar-refractivity contribution in [2.24, 2.45) is 4.99 Å². The number of hydrogen-bond acceptors (Lipinski definition) is 3. The molecule has 4 heteroatoms. The molecule has 0 bridgehead atoms. The summed E-state index contributed by atoms with van der Waals surface area (Å²) < 4.78 is 0. The molecule has 0 aliphatic carbocycles. The van der Waals surface area contributed by atoms with E-state index in [0.29, 0.717) is 12.1 Å². The Labute approximate surface area is 129 Å². The van der Waals surface area contributed by atoms with Crippen LogP contribution in [-0.4, -0.2) is 29.7 Å². The van der Waals surface area contributed by atoms with Crippen LogP contribution in [-0.2, 0) is 13.0 Å². The first-order valence-corrected chi connectivity index (χ1v) is 7.45. The van der Waals surface area contributed by atoms with E-state index in [1.54, 1.807) is 0 Å². The van der Waals surface area contributed by atoms with E-state index in [1.807, 2.05) is 54.6 Å². The molecule has 0 radical (unpaired) electrons. The third-order valence-electron chi connectivity index (χ3n) is 4.62. The van der Waals surface area contributed by atoms with E-state index in [4.69, 9.17) is 0 Å². The highest BCUT2D eigenvalue weighted by Gasteiger charge is 2.43. The van der Waals surface area contributed by atoms with E-state index in [0.717, 1.165) is 12.1 Å². The largest absolute Gasteiger partial charge is 0.311 e. The smallest absolute Gasteiger partial charge is 0.258 e. The first kappa shape index (κ1) is 13.2. The lowest BCUT2D eigenvalue weighted by atomic mass is 9.89. The molecule has 0 aromatic heterocycles. The van der Waals surface area contributed by atoms with Gasteiger partial charge in [-0.2, -0.15) is 0 Å². The van der Waals surface area contributed by atoms with Gasteiger partial charge in [0.15, 0.2) is 0 Å². The highest BCUT2D eigenvalue weighted by molar-refractivity contribution is 6.03. The zero-order valence-corrected chi connectivity index (χ0v) is 12.4. The second-order valence-corrected chi connectivity index (χ2v) is 5.79. The van der Waals surface area contributed by atoms with Crippen molar-refractivity contribution in [3.8, 4) is 0 Å². The Hall–Kier alpha value is -2.46. The van der Waals surface area contributed by atoms with Gasteiger partial charge in [0.1, 0.15) is 5.66 Å². The van der Waals surface area contributed by atoms with E-state index >= 15 is 0 Å². The van der Waals surface area contributed by atoms with Crippen LogP contribution in [0.1, 0.15) is 21.5 Å². The number of rotatable bonds is 1. The van der Waals surface area contributed by atoms with Gasteiger partial charge in [-0.1, -0.05) is 36.4 Å². The molecule has 110 valence electrons. The predicted octanol–water partition coefficient (Wildman–Crippen LogP) is 2.52. The molecule has 0 saturated heterocycles. The topological polar surface area (TPSA) is 44.7 Å². The first-order chi connectivity index (χ1) is 10.7. The minimum atomic E-state index is -0.565. The van der Waals surface area contributed by atoms with Crippen molar-refractivity contribution in [2.45, 2.75) is 18.6 Å². The Morgan fingerprint density at radius 3 is 2.64 bits per heavy atom. The Morgan fingerprint density at radius 2 is 1.82 bits per heavy atom. The first-order valence-electron chi connectivity index (χ1n) is 7.45. The lowest BCUT2D eigenvalue weighted by Crippen LogP contribution is -2.63. The number of carbonyl (C=O) groups is 1. The Morgan fingerprint density at radius 1 is 1.09 bits per heavy atom. The number of nitrogens with one attached hydrogen (secondary N) is 1. The molecule has 1 amide bonds. The molecular formula is C18H17N3O. The van der Waals surface area contributed by atoms with Crippen LogP contribution in [0, 0.1) is 0 Å². The van der Waals surface area contributed by atoms with Crippen LogP contribution in [0.5, 0.6) is 0 Å². The summed E-state index contributed by atoms with van der Waals surface area (Å²) >= 11 is 0. The SMILES string of the molecule is CN[C@]12C=Nc3ccccc3C(=O)N1Cc1ccccc1C2. The van der Waals surface area contributed by atoms with Crippen LogP contribution in [0.3, 0.4) is 0 Å². The number of para-hydroxylation sites is 1. The number of likely N-dealkylation sites (N-methyl/N-ethyl adjacent to an activating group) is 1. The summed E-state index contributed by atoms with van der Waals surface area (Å²) in [5, 5.41) is 3.32. The number of nitrogens with zero attached hydrogens (tertiary/aromatic N) is 2.